The summed E-state index contributed by atoms with van der Waals surface area (Å²) in [4.78, 5) is 48.6. The molecule has 0 aromatic rings. The van der Waals surface area contributed by atoms with Crippen molar-refractivity contribution in [1.29, 1.82) is 0 Å². The molecule has 4 rings (SSSR count). The van der Waals surface area contributed by atoms with E-state index < -0.39 is 12.0 Å². The number of fused-ring (bicyclic) bond motifs is 5. The Labute approximate surface area is 220 Å². The number of allylic oxidation sites excluding steroid dienone is 1. The molecule has 3 saturated carbocycles. The van der Waals surface area contributed by atoms with Gasteiger partial charge in [0.05, 0.1) is 13.0 Å². The summed E-state index contributed by atoms with van der Waals surface area (Å²) < 4.78 is 10.6. The number of carbonyl (C=O) groups excluding carboxylic acids is 3. The van der Waals surface area contributed by atoms with Gasteiger partial charge in [0.25, 0.3) is 0 Å². The molecule has 0 saturated heterocycles. The van der Waals surface area contributed by atoms with Gasteiger partial charge in [0.2, 0.25) is 6.04 Å². The predicted octanol–water partition coefficient (Wildman–Crippen LogP) is 5.30. The quantitative estimate of drug-likeness (QED) is 0.186. The van der Waals surface area contributed by atoms with Crippen LogP contribution in [0.15, 0.2) is 11.6 Å². The van der Waals surface area contributed by atoms with Crippen LogP contribution in [0.2, 0.25) is 0 Å². The third-order valence-electron chi connectivity index (χ3n) is 10.6. The second-order valence-corrected chi connectivity index (χ2v) is 12.5. The molecule has 9 atom stereocenters. The number of esters is 2. The van der Waals surface area contributed by atoms with Gasteiger partial charge in [0, 0.05) is 36.5 Å². The van der Waals surface area contributed by atoms with Crippen molar-refractivity contribution in [2.45, 2.75) is 105 Å². The molecule has 0 radical (unpaired) electrons. The smallest absolute Gasteiger partial charge is 0.306 e. The van der Waals surface area contributed by atoms with Gasteiger partial charge in [-0.2, -0.15) is 0 Å². The molecule has 206 valence electrons. The van der Waals surface area contributed by atoms with Crippen LogP contribution in [0, 0.1) is 50.5 Å². The summed E-state index contributed by atoms with van der Waals surface area (Å²) >= 11 is 0. The zero-order valence-electron chi connectivity index (χ0n) is 23.0. The Kier molecular flexibility index (Phi) is 7.87. The number of ketones is 1. The molecule has 1 unspecified atom stereocenters. The second-order valence-electron chi connectivity index (χ2n) is 12.5. The van der Waals surface area contributed by atoms with E-state index in [1.165, 1.54) is 12.5 Å². The van der Waals surface area contributed by atoms with Crippen molar-refractivity contribution in [2.75, 3.05) is 6.61 Å². The zero-order valence-corrected chi connectivity index (χ0v) is 23.0. The first kappa shape index (κ1) is 27.8. The van der Waals surface area contributed by atoms with Crippen LogP contribution < -0.4 is 0 Å². The van der Waals surface area contributed by atoms with Crippen LogP contribution in [-0.2, 0) is 23.9 Å². The highest BCUT2D eigenvalue weighted by atomic mass is 16.6. The molecule has 0 heterocycles. The summed E-state index contributed by atoms with van der Waals surface area (Å²) in [5, 5.41) is 12.3. The highest BCUT2D eigenvalue weighted by molar-refractivity contribution is 5.80. The summed E-state index contributed by atoms with van der Waals surface area (Å²) in [6.45, 7) is 9.59. The molecule has 0 amide bonds. The number of nitro groups is 1. The second kappa shape index (κ2) is 10.5. The van der Waals surface area contributed by atoms with Gasteiger partial charge in [-0.1, -0.05) is 25.5 Å². The topological polar surface area (TPSA) is 113 Å². The van der Waals surface area contributed by atoms with E-state index in [-0.39, 0.29) is 70.8 Å². The lowest BCUT2D eigenvalue weighted by Gasteiger charge is -2.58. The fourth-order valence-corrected chi connectivity index (χ4v) is 9.18. The Morgan fingerprint density at radius 3 is 2.51 bits per heavy atom. The van der Waals surface area contributed by atoms with Gasteiger partial charge in [-0.05, 0) is 81.0 Å². The molecule has 37 heavy (non-hydrogen) atoms. The molecular formula is C29H43NO7. The standard InChI is InChI=1S/C29H43NO7/c1-6-36-26(33)10-9-25(30(34)35)22-16-24-21-8-7-19-15-20(37-18(3)32)11-13-28(19,4)23(21)12-14-29(24,5)27(22)17(2)31/h7,20-25,27H,6,8-16H2,1-5H3/t20-,21+,22-,23-,24-,25+,27?,28-,29-/m0/s1. The average molecular weight is 518 g/mol. The maximum atomic E-state index is 13.1. The van der Waals surface area contributed by atoms with Crippen LogP contribution in [0.25, 0.3) is 0 Å². The number of nitrogens with zero attached hydrogens (tertiary/aromatic N) is 1. The minimum atomic E-state index is -0.927. The maximum Gasteiger partial charge on any atom is 0.306 e. The third-order valence-corrected chi connectivity index (χ3v) is 10.6. The van der Waals surface area contributed by atoms with E-state index >= 15 is 0 Å². The fourth-order valence-electron chi connectivity index (χ4n) is 9.18. The minimum absolute atomic E-state index is 0.00170. The van der Waals surface area contributed by atoms with Crippen molar-refractivity contribution >= 4 is 17.7 Å². The number of ether oxygens (including phenoxy) is 2. The van der Waals surface area contributed by atoms with Crippen LogP contribution in [-0.4, -0.2) is 41.4 Å². The van der Waals surface area contributed by atoms with Crippen molar-refractivity contribution in [2.24, 2.45) is 40.4 Å². The van der Waals surface area contributed by atoms with Crippen molar-refractivity contribution in [3.63, 3.8) is 0 Å². The van der Waals surface area contributed by atoms with Gasteiger partial charge in [-0.15, -0.1) is 0 Å². The first-order valence-corrected chi connectivity index (χ1v) is 14.1. The van der Waals surface area contributed by atoms with Gasteiger partial charge in [-0.3, -0.25) is 24.5 Å². The minimum Gasteiger partial charge on any atom is -0.466 e. The largest absolute Gasteiger partial charge is 0.466 e. The van der Waals surface area contributed by atoms with E-state index in [2.05, 4.69) is 19.9 Å². The average Bonchev–Trinajstić information content (AvgIpc) is 3.12. The lowest BCUT2D eigenvalue weighted by Crippen LogP contribution is -2.51. The van der Waals surface area contributed by atoms with Crippen molar-refractivity contribution in [1.82, 2.24) is 0 Å². The molecule has 0 aromatic carbocycles. The number of carbonyl (C=O) groups is 3. The van der Waals surface area contributed by atoms with E-state index in [0.717, 1.165) is 38.5 Å². The van der Waals surface area contributed by atoms with Gasteiger partial charge in [-0.25, -0.2) is 0 Å². The Morgan fingerprint density at radius 1 is 1.16 bits per heavy atom. The van der Waals surface area contributed by atoms with Crippen LogP contribution >= 0.6 is 0 Å². The zero-order chi connectivity index (χ0) is 27.1. The molecule has 4 aliphatic carbocycles. The lowest BCUT2D eigenvalue weighted by molar-refractivity contribution is -0.534. The summed E-state index contributed by atoms with van der Waals surface area (Å²) in [5.74, 6) is -0.273. The number of Topliss-reactive ketones (excluding diaryl/α,β-unsaturated/α-hetero) is 1. The van der Waals surface area contributed by atoms with E-state index in [0.29, 0.717) is 18.3 Å². The Morgan fingerprint density at radius 2 is 1.89 bits per heavy atom. The van der Waals surface area contributed by atoms with Gasteiger partial charge < -0.3 is 9.47 Å². The molecule has 0 aromatic heterocycles. The Bertz CT molecular complexity index is 975. The fraction of sp³-hybridized carbons (Fsp3) is 0.828. The van der Waals surface area contributed by atoms with E-state index in [1.807, 2.05) is 0 Å². The predicted molar refractivity (Wildman–Crippen MR) is 137 cm³/mol. The summed E-state index contributed by atoms with van der Waals surface area (Å²) in [6.07, 6.45) is 8.48. The normalized spacial score (nSPS) is 39.3. The molecular weight excluding hydrogens is 474 g/mol. The number of rotatable bonds is 8. The van der Waals surface area contributed by atoms with Crippen LogP contribution in [0.5, 0.6) is 0 Å². The Balaban J connectivity index is 1.60. The van der Waals surface area contributed by atoms with E-state index in [4.69, 9.17) is 9.47 Å². The SMILES string of the molecule is CCOC(=O)CC[C@H]([C@@H]1C[C@H]2[C@@H]3CC=C4C[C@@H](OC(C)=O)CC[C@]4(C)[C@H]3CC[C@]2(C)C1C(C)=O)[N+](=O)[O-]. The highest BCUT2D eigenvalue weighted by Crippen LogP contribution is 2.68. The van der Waals surface area contributed by atoms with Crippen LogP contribution in [0.4, 0.5) is 0 Å². The molecule has 0 spiro atoms. The lowest BCUT2D eigenvalue weighted by atomic mass is 9.47. The molecule has 0 bridgehead atoms. The number of hydrogen-bond donors (Lipinski definition) is 0. The monoisotopic (exact) mass is 517 g/mol. The van der Waals surface area contributed by atoms with Gasteiger partial charge in [0.1, 0.15) is 11.9 Å². The molecule has 0 N–H and O–H groups in total. The molecule has 8 heteroatoms. The van der Waals surface area contributed by atoms with Crippen molar-refractivity contribution in [3.8, 4) is 0 Å². The van der Waals surface area contributed by atoms with Crippen LogP contribution in [0.3, 0.4) is 0 Å². The first-order chi connectivity index (χ1) is 17.4. The van der Waals surface area contributed by atoms with Gasteiger partial charge >= 0.3 is 11.9 Å². The van der Waals surface area contributed by atoms with Crippen LogP contribution in [0.1, 0.15) is 92.4 Å². The third kappa shape index (κ3) is 4.97. The Hall–Kier alpha value is -2.25. The summed E-state index contributed by atoms with van der Waals surface area (Å²) in [7, 11) is 0. The highest BCUT2D eigenvalue weighted by Gasteiger charge is 2.64. The molecule has 3 fully saturated rings. The molecule has 4 aliphatic rings. The van der Waals surface area contributed by atoms with E-state index in [9.17, 15) is 24.5 Å². The maximum absolute atomic E-state index is 13.1. The van der Waals surface area contributed by atoms with E-state index in [1.54, 1.807) is 13.8 Å². The number of hydrogen-bond acceptors (Lipinski definition) is 7. The summed E-state index contributed by atoms with van der Waals surface area (Å²) in [5.41, 5.74) is 1.16. The van der Waals surface area contributed by atoms with Gasteiger partial charge in [0.15, 0.2) is 0 Å². The van der Waals surface area contributed by atoms with Crippen molar-refractivity contribution in [3.05, 3.63) is 21.8 Å². The first-order valence-electron chi connectivity index (χ1n) is 14.1. The molecule has 0 aliphatic heterocycles. The van der Waals surface area contributed by atoms with Crippen molar-refractivity contribution < 1.29 is 28.8 Å². The summed E-state index contributed by atoms with van der Waals surface area (Å²) in [6, 6.07) is -0.927. The molecule has 8 nitrogen and oxygen atoms in total.